The molecule has 4 rings (SSSR count). The molecule has 1 heterocycles. The van der Waals surface area contributed by atoms with Crippen molar-refractivity contribution < 1.29 is 31.1 Å². The number of aryl methyl sites for hydroxylation is 1. The third kappa shape index (κ3) is 6.77. The molecule has 1 aliphatic heterocycles. The van der Waals surface area contributed by atoms with Gasteiger partial charge in [-0.3, -0.25) is 0 Å². The molecule has 1 atom stereocenters. The molecule has 0 aromatic heterocycles. The number of hydrogen-bond donors (Lipinski definition) is 0. The number of rotatable bonds is 9. The molecule has 1 unspecified atom stereocenters. The van der Waals surface area contributed by atoms with Crippen LogP contribution >= 0.6 is 0 Å². The zero-order valence-electron chi connectivity index (χ0n) is 20.5. The van der Waals surface area contributed by atoms with Crippen LogP contribution in [0.4, 0.5) is 13.2 Å². The summed E-state index contributed by atoms with van der Waals surface area (Å²) in [5.74, 6) is -0.0676. The predicted octanol–water partition coefficient (Wildman–Crippen LogP) is 4.33. The third-order valence-electron chi connectivity index (χ3n) is 6.86. The molecule has 2 aromatic rings. The summed E-state index contributed by atoms with van der Waals surface area (Å²) in [4.78, 5) is 14.3. The number of alkyl halides is 3. The molecule has 2 aromatic carbocycles. The van der Waals surface area contributed by atoms with Crippen molar-refractivity contribution in [3.05, 3.63) is 65.2 Å². The van der Waals surface area contributed by atoms with E-state index in [1.54, 1.807) is 4.90 Å². The Balaban J connectivity index is 1.36. The summed E-state index contributed by atoms with van der Waals surface area (Å²) < 4.78 is 73.2. The molecule has 2 aliphatic rings. The van der Waals surface area contributed by atoms with Gasteiger partial charge in [0.15, 0.2) is 0 Å². The minimum absolute atomic E-state index is 0.0676. The average Bonchev–Trinajstić information content (AvgIpc) is 3.69. The molecule has 1 saturated carbocycles. The van der Waals surface area contributed by atoms with Crippen molar-refractivity contribution in [1.29, 1.82) is 0 Å². The molecule has 0 N–H and O–H groups in total. The second-order valence-corrected chi connectivity index (χ2v) is 12.8. The Morgan fingerprint density at radius 1 is 1.08 bits per heavy atom. The first kappa shape index (κ1) is 28.1. The number of amides is 1. The molecule has 0 bridgehead atoms. The summed E-state index contributed by atoms with van der Waals surface area (Å²) in [5.41, 5.74) is 1.21. The molecule has 1 saturated heterocycles. The van der Waals surface area contributed by atoms with Crippen LogP contribution in [0.2, 0.25) is 4.71 Å². The molecular formula is C26H30AsF3N2O4S. The fraction of sp³-hybridized carbons (Fsp3) is 0.500. The van der Waals surface area contributed by atoms with E-state index in [1.165, 1.54) is 10.4 Å². The van der Waals surface area contributed by atoms with E-state index in [4.69, 9.17) is 4.74 Å². The van der Waals surface area contributed by atoms with E-state index in [2.05, 4.69) is 16.9 Å². The van der Waals surface area contributed by atoms with Gasteiger partial charge < -0.3 is 0 Å². The van der Waals surface area contributed by atoms with E-state index in [-0.39, 0.29) is 29.5 Å². The first-order valence-corrected chi connectivity index (χ1v) is 14.8. The van der Waals surface area contributed by atoms with Crippen LogP contribution in [0, 0.1) is 6.92 Å². The van der Waals surface area contributed by atoms with Crippen molar-refractivity contribution >= 4 is 32.8 Å². The Morgan fingerprint density at radius 3 is 2.35 bits per heavy atom. The van der Waals surface area contributed by atoms with E-state index >= 15 is 0 Å². The Labute approximate surface area is 224 Å². The molecule has 2 radical (unpaired) electrons. The standard InChI is InChI=1S/C26H30AsF3N2O4S/c1-18-5-2-3-6-19(18)16-36-17-24(27)25(33)31-13-11-22(12-14-31)32(21-9-10-21)37(34,35)23-8-4-7-20(15-23)26(28,29)30/h2-8,15,21-22,24H,9-14,16-17H2,1H3. The number of halogens is 3. The van der Waals surface area contributed by atoms with E-state index in [0.717, 1.165) is 23.3 Å². The molecular weight excluding hydrogens is 568 g/mol. The average molecular weight is 599 g/mol. The number of ether oxygens (including phenoxy) is 1. The fourth-order valence-electron chi connectivity index (χ4n) is 4.65. The summed E-state index contributed by atoms with van der Waals surface area (Å²) in [6, 6.07) is 11.2. The fourth-order valence-corrected chi connectivity index (χ4v) is 7.19. The number of hydrogen-bond acceptors (Lipinski definition) is 4. The Bertz CT molecular complexity index is 1210. The van der Waals surface area contributed by atoms with E-state index < -0.39 is 26.5 Å². The maximum absolute atomic E-state index is 13.4. The van der Waals surface area contributed by atoms with Gasteiger partial charge >= 0.3 is 212 Å². The number of piperidine rings is 1. The van der Waals surface area contributed by atoms with Gasteiger partial charge in [0.25, 0.3) is 0 Å². The second-order valence-electron chi connectivity index (χ2n) is 9.61. The first-order chi connectivity index (χ1) is 17.5. The summed E-state index contributed by atoms with van der Waals surface area (Å²) in [6.07, 6.45) is -2.39. The van der Waals surface area contributed by atoms with Crippen molar-refractivity contribution in [2.75, 3.05) is 19.7 Å². The summed E-state index contributed by atoms with van der Waals surface area (Å²) >= 11 is 2.35. The summed E-state index contributed by atoms with van der Waals surface area (Å²) in [6.45, 7) is 3.45. The monoisotopic (exact) mass is 598 g/mol. The number of sulfonamides is 1. The summed E-state index contributed by atoms with van der Waals surface area (Å²) in [5, 5.41) is 0. The van der Waals surface area contributed by atoms with Crippen LogP contribution in [0.25, 0.3) is 0 Å². The number of carbonyl (C=O) groups excluding carboxylic acids is 1. The van der Waals surface area contributed by atoms with Crippen LogP contribution < -0.4 is 0 Å². The van der Waals surface area contributed by atoms with Crippen molar-refractivity contribution in [2.24, 2.45) is 0 Å². The van der Waals surface area contributed by atoms with Crippen molar-refractivity contribution in [1.82, 2.24) is 9.21 Å². The van der Waals surface area contributed by atoms with E-state index in [0.29, 0.717) is 51.4 Å². The Morgan fingerprint density at radius 2 is 1.73 bits per heavy atom. The van der Waals surface area contributed by atoms with Crippen LogP contribution in [-0.2, 0) is 32.3 Å². The van der Waals surface area contributed by atoms with Gasteiger partial charge in [-0.05, 0) is 0 Å². The van der Waals surface area contributed by atoms with Gasteiger partial charge in [0.2, 0.25) is 0 Å². The third-order valence-corrected chi connectivity index (χ3v) is 9.64. The van der Waals surface area contributed by atoms with Crippen LogP contribution in [0.15, 0.2) is 53.4 Å². The maximum atomic E-state index is 13.4. The number of likely N-dealkylation sites (tertiary alicyclic amines) is 1. The molecule has 1 amide bonds. The van der Waals surface area contributed by atoms with Gasteiger partial charge in [-0.25, -0.2) is 0 Å². The number of benzene rings is 2. The van der Waals surface area contributed by atoms with Gasteiger partial charge in [-0.2, -0.15) is 13.2 Å². The summed E-state index contributed by atoms with van der Waals surface area (Å²) in [7, 11) is -4.11. The normalized spacial score (nSPS) is 18.3. The van der Waals surface area contributed by atoms with Gasteiger partial charge in [0.1, 0.15) is 0 Å². The van der Waals surface area contributed by atoms with E-state index in [1.807, 2.05) is 31.2 Å². The molecule has 200 valence electrons. The van der Waals surface area contributed by atoms with E-state index in [9.17, 15) is 26.4 Å². The zero-order valence-corrected chi connectivity index (χ0v) is 23.2. The van der Waals surface area contributed by atoms with Crippen LogP contribution in [0.5, 0.6) is 0 Å². The molecule has 1 aliphatic carbocycles. The topological polar surface area (TPSA) is 66.9 Å². The quantitative estimate of drug-likeness (QED) is 0.404. The second kappa shape index (κ2) is 11.5. The van der Waals surface area contributed by atoms with Gasteiger partial charge in [-0.1, -0.05) is 0 Å². The van der Waals surface area contributed by atoms with Crippen LogP contribution in [0.3, 0.4) is 0 Å². The Kier molecular flexibility index (Phi) is 8.73. The number of carbonyl (C=O) groups is 1. The van der Waals surface area contributed by atoms with Gasteiger partial charge in [0.05, 0.1) is 0 Å². The molecule has 0 spiro atoms. The first-order valence-electron chi connectivity index (χ1n) is 12.3. The number of nitrogens with zero attached hydrogens (tertiary/aromatic N) is 2. The Hall–Kier alpha value is -1.87. The molecule has 37 heavy (non-hydrogen) atoms. The van der Waals surface area contributed by atoms with Gasteiger partial charge in [0, 0.05) is 0 Å². The molecule has 11 heteroatoms. The van der Waals surface area contributed by atoms with Crippen molar-refractivity contribution in [2.45, 2.75) is 67.1 Å². The zero-order chi connectivity index (χ0) is 26.8. The van der Waals surface area contributed by atoms with Gasteiger partial charge in [-0.15, -0.1) is 0 Å². The van der Waals surface area contributed by atoms with Crippen molar-refractivity contribution in [3.63, 3.8) is 0 Å². The van der Waals surface area contributed by atoms with Crippen molar-refractivity contribution in [3.8, 4) is 0 Å². The van der Waals surface area contributed by atoms with Crippen LogP contribution in [-0.4, -0.2) is 72.2 Å². The van der Waals surface area contributed by atoms with Crippen LogP contribution in [0.1, 0.15) is 42.4 Å². The molecule has 6 nitrogen and oxygen atoms in total. The SMILES string of the molecule is Cc1ccccc1COCC([As])C(=O)N1CCC(N(C2CC2)S(=O)(=O)c2cccc(C(F)(F)F)c2)CC1. The molecule has 2 fully saturated rings. The predicted molar refractivity (Wildman–Crippen MR) is 133 cm³/mol. The minimum atomic E-state index is -4.62.